The first kappa shape index (κ1) is 14.7. The van der Waals surface area contributed by atoms with Gasteiger partial charge < -0.3 is 11.1 Å². The number of hydrogen-bond donors (Lipinski definition) is 3. The number of anilines is 1. The van der Waals surface area contributed by atoms with Crippen LogP contribution in [0.1, 0.15) is 39.3 Å². The summed E-state index contributed by atoms with van der Waals surface area (Å²) in [7, 11) is 0. The fourth-order valence-corrected chi connectivity index (χ4v) is 1.99. The number of nitrogens with zero attached hydrogens (tertiary/aromatic N) is 1. The van der Waals surface area contributed by atoms with Crippen molar-refractivity contribution in [3.8, 4) is 0 Å². The Hall–Kier alpha value is -1.36. The van der Waals surface area contributed by atoms with Gasteiger partial charge in [-0.2, -0.15) is 5.10 Å². The molecule has 0 radical (unpaired) electrons. The molecular formula is C13H24N4O. The van der Waals surface area contributed by atoms with Gasteiger partial charge in [0.25, 0.3) is 0 Å². The predicted molar refractivity (Wildman–Crippen MR) is 73.2 cm³/mol. The lowest BCUT2D eigenvalue weighted by Crippen LogP contribution is -2.23. The molecule has 0 saturated heterocycles. The SMILES string of the molecule is CCc1cc(NC(=O)CC(CN)CC(C)C)n[nH]1. The number of aromatic nitrogens is 2. The first-order chi connectivity index (χ1) is 8.55. The van der Waals surface area contributed by atoms with Crippen LogP contribution in [0.5, 0.6) is 0 Å². The van der Waals surface area contributed by atoms with Gasteiger partial charge in [0.2, 0.25) is 5.91 Å². The molecule has 1 unspecified atom stereocenters. The Kier molecular flexibility index (Phi) is 5.85. The number of carbonyl (C=O) groups excluding carboxylic acids is 1. The summed E-state index contributed by atoms with van der Waals surface area (Å²) in [6.45, 7) is 6.86. The van der Waals surface area contributed by atoms with E-state index in [4.69, 9.17) is 5.73 Å². The molecule has 4 N–H and O–H groups in total. The number of carbonyl (C=O) groups is 1. The molecule has 102 valence electrons. The van der Waals surface area contributed by atoms with Crippen LogP contribution in [-0.2, 0) is 11.2 Å². The Labute approximate surface area is 109 Å². The predicted octanol–water partition coefficient (Wildman–Crippen LogP) is 1.92. The van der Waals surface area contributed by atoms with Crippen molar-refractivity contribution in [1.29, 1.82) is 0 Å². The summed E-state index contributed by atoms with van der Waals surface area (Å²) in [4.78, 5) is 11.8. The largest absolute Gasteiger partial charge is 0.330 e. The first-order valence-corrected chi connectivity index (χ1v) is 6.59. The third-order valence-electron chi connectivity index (χ3n) is 2.89. The van der Waals surface area contributed by atoms with Crippen LogP contribution in [0, 0.1) is 11.8 Å². The van der Waals surface area contributed by atoms with Crippen molar-refractivity contribution in [2.75, 3.05) is 11.9 Å². The average Bonchev–Trinajstić information content (AvgIpc) is 2.75. The number of nitrogens with one attached hydrogen (secondary N) is 2. The van der Waals surface area contributed by atoms with E-state index in [1.807, 2.05) is 13.0 Å². The monoisotopic (exact) mass is 252 g/mol. The topological polar surface area (TPSA) is 83.8 Å². The van der Waals surface area contributed by atoms with Gasteiger partial charge in [-0.1, -0.05) is 20.8 Å². The highest BCUT2D eigenvalue weighted by atomic mass is 16.1. The van der Waals surface area contributed by atoms with Gasteiger partial charge in [-0.25, -0.2) is 0 Å². The summed E-state index contributed by atoms with van der Waals surface area (Å²) in [5.41, 5.74) is 6.70. The molecule has 1 heterocycles. The van der Waals surface area contributed by atoms with E-state index in [0.717, 1.165) is 18.5 Å². The zero-order chi connectivity index (χ0) is 13.5. The zero-order valence-electron chi connectivity index (χ0n) is 11.5. The maximum absolute atomic E-state index is 11.8. The lowest BCUT2D eigenvalue weighted by Gasteiger charge is -2.15. The lowest BCUT2D eigenvalue weighted by atomic mass is 9.94. The molecule has 0 aliphatic heterocycles. The second-order valence-electron chi connectivity index (χ2n) is 5.12. The second-order valence-corrected chi connectivity index (χ2v) is 5.12. The third-order valence-corrected chi connectivity index (χ3v) is 2.89. The number of aryl methyl sites for hydroxylation is 1. The van der Waals surface area contributed by atoms with Crippen molar-refractivity contribution in [3.63, 3.8) is 0 Å². The van der Waals surface area contributed by atoms with E-state index in [9.17, 15) is 4.79 Å². The minimum atomic E-state index is -0.0137. The van der Waals surface area contributed by atoms with Crippen molar-refractivity contribution in [2.24, 2.45) is 17.6 Å². The number of aromatic amines is 1. The molecule has 0 fully saturated rings. The Bertz CT molecular complexity index is 373. The zero-order valence-corrected chi connectivity index (χ0v) is 11.5. The molecule has 1 rings (SSSR count). The molecule has 0 spiro atoms. The van der Waals surface area contributed by atoms with Gasteiger partial charge >= 0.3 is 0 Å². The Morgan fingerprint density at radius 1 is 1.56 bits per heavy atom. The summed E-state index contributed by atoms with van der Waals surface area (Å²) in [5, 5.41) is 9.70. The van der Waals surface area contributed by atoms with E-state index in [-0.39, 0.29) is 11.8 Å². The maximum Gasteiger partial charge on any atom is 0.225 e. The second kappa shape index (κ2) is 7.16. The molecule has 5 nitrogen and oxygen atoms in total. The summed E-state index contributed by atoms with van der Waals surface area (Å²) >= 11 is 0. The molecular weight excluding hydrogens is 228 g/mol. The van der Waals surface area contributed by atoms with Crippen LogP contribution in [0.3, 0.4) is 0 Å². The van der Waals surface area contributed by atoms with Crippen LogP contribution in [0.25, 0.3) is 0 Å². The van der Waals surface area contributed by atoms with Gasteiger partial charge in [0.05, 0.1) is 0 Å². The fourth-order valence-electron chi connectivity index (χ4n) is 1.99. The molecule has 0 aliphatic carbocycles. The molecule has 0 saturated carbocycles. The van der Waals surface area contributed by atoms with Gasteiger partial charge in [-0.15, -0.1) is 0 Å². The number of hydrogen-bond acceptors (Lipinski definition) is 3. The van der Waals surface area contributed by atoms with Gasteiger partial charge in [0.1, 0.15) is 0 Å². The van der Waals surface area contributed by atoms with Crippen molar-refractivity contribution in [2.45, 2.75) is 40.0 Å². The first-order valence-electron chi connectivity index (χ1n) is 6.59. The van der Waals surface area contributed by atoms with Crippen molar-refractivity contribution < 1.29 is 4.79 Å². The molecule has 0 aromatic carbocycles. The normalized spacial score (nSPS) is 12.7. The molecule has 1 aromatic heterocycles. The van der Waals surface area contributed by atoms with E-state index >= 15 is 0 Å². The minimum absolute atomic E-state index is 0.0137. The van der Waals surface area contributed by atoms with Gasteiger partial charge in [0.15, 0.2) is 5.82 Å². The van der Waals surface area contributed by atoms with Crippen LogP contribution in [0.2, 0.25) is 0 Å². The van der Waals surface area contributed by atoms with E-state index in [1.54, 1.807) is 0 Å². The minimum Gasteiger partial charge on any atom is -0.330 e. The lowest BCUT2D eigenvalue weighted by molar-refractivity contribution is -0.117. The van der Waals surface area contributed by atoms with Gasteiger partial charge in [0, 0.05) is 18.2 Å². The number of H-pyrrole nitrogens is 1. The Morgan fingerprint density at radius 3 is 2.78 bits per heavy atom. The molecule has 1 atom stereocenters. The quantitative estimate of drug-likeness (QED) is 0.693. The van der Waals surface area contributed by atoms with Crippen molar-refractivity contribution in [1.82, 2.24) is 10.2 Å². The fraction of sp³-hybridized carbons (Fsp3) is 0.692. The summed E-state index contributed by atoms with van der Waals surface area (Å²) in [5.74, 6) is 1.38. The van der Waals surface area contributed by atoms with E-state index in [1.165, 1.54) is 0 Å². The van der Waals surface area contributed by atoms with Crippen LogP contribution in [0.4, 0.5) is 5.82 Å². The highest BCUT2D eigenvalue weighted by Crippen LogP contribution is 2.15. The summed E-state index contributed by atoms with van der Waals surface area (Å²) in [6.07, 6.45) is 2.31. The average molecular weight is 252 g/mol. The van der Waals surface area contributed by atoms with Crippen LogP contribution >= 0.6 is 0 Å². The maximum atomic E-state index is 11.8. The molecule has 1 amide bonds. The Balaban J connectivity index is 2.44. The number of amides is 1. The number of nitrogens with two attached hydrogens (primary N) is 1. The van der Waals surface area contributed by atoms with Gasteiger partial charge in [-0.3, -0.25) is 9.89 Å². The standard InChI is InChI=1S/C13H24N4O/c1-4-11-7-12(17-16-11)15-13(18)6-10(8-14)5-9(2)3/h7,9-10H,4-6,8,14H2,1-3H3,(H2,15,16,17,18). The Morgan fingerprint density at radius 2 is 2.28 bits per heavy atom. The van der Waals surface area contributed by atoms with Crippen LogP contribution < -0.4 is 11.1 Å². The van der Waals surface area contributed by atoms with Crippen LogP contribution in [0.15, 0.2) is 6.07 Å². The highest BCUT2D eigenvalue weighted by Gasteiger charge is 2.14. The molecule has 1 aromatic rings. The number of rotatable bonds is 7. The van der Waals surface area contributed by atoms with E-state index < -0.39 is 0 Å². The van der Waals surface area contributed by atoms with Crippen molar-refractivity contribution in [3.05, 3.63) is 11.8 Å². The third kappa shape index (κ3) is 4.87. The summed E-state index contributed by atoms with van der Waals surface area (Å²) < 4.78 is 0. The smallest absolute Gasteiger partial charge is 0.225 e. The summed E-state index contributed by atoms with van der Waals surface area (Å²) in [6, 6.07) is 1.86. The molecule has 0 aliphatic rings. The highest BCUT2D eigenvalue weighted by molar-refractivity contribution is 5.89. The van der Waals surface area contributed by atoms with Crippen molar-refractivity contribution >= 4 is 11.7 Å². The molecule has 5 heteroatoms. The van der Waals surface area contributed by atoms with Crippen LogP contribution in [-0.4, -0.2) is 22.6 Å². The van der Waals surface area contributed by atoms with Gasteiger partial charge in [-0.05, 0) is 31.2 Å². The van der Waals surface area contributed by atoms with E-state index in [2.05, 4.69) is 29.4 Å². The van der Waals surface area contributed by atoms with E-state index in [0.29, 0.717) is 24.7 Å². The molecule has 18 heavy (non-hydrogen) atoms. The molecule has 0 bridgehead atoms.